The van der Waals surface area contributed by atoms with E-state index in [0.717, 1.165) is 12.8 Å². The summed E-state index contributed by atoms with van der Waals surface area (Å²) < 4.78 is 18.6. The lowest BCUT2D eigenvalue weighted by Crippen LogP contribution is -2.40. The van der Waals surface area contributed by atoms with Crippen molar-refractivity contribution in [2.75, 3.05) is 12.4 Å². The molecule has 16 heavy (non-hydrogen) atoms. The Morgan fingerprint density at radius 3 is 2.81 bits per heavy atom. The van der Waals surface area contributed by atoms with Gasteiger partial charge in [-0.15, -0.1) is 0 Å². The van der Waals surface area contributed by atoms with Crippen LogP contribution in [0, 0.1) is 17.1 Å². The molecular weight excluding hydrogens is 207 g/mol. The number of halogens is 1. The van der Waals surface area contributed by atoms with Crippen molar-refractivity contribution >= 4 is 5.69 Å². The molecule has 0 spiro atoms. The summed E-state index contributed by atoms with van der Waals surface area (Å²) in [5.74, 6) is -0.375. The highest BCUT2D eigenvalue weighted by molar-refractivity contribution is 5.49. The van der Waals surface area contributed by atoms with Crippen molar-refractivity contribution in [2.45, 2.75) is 25.0 Å². The first kappa shape index (κ1) is 10.9. The molecule has 0 atom stereocenters. The highest BCUT2D eigenvalue weighted by Gasteiger charge is 2.29. The summed E-state index contributed by atoms with van der Waals surface area (Å²) in [6, 6.07) is 6.63. The second-order valence-corrected chi connectivity index (χ2v) is 3.98. The van der Waals surface area contributed by atoms with E-state index in [1.54, 1.807) is 19.2 Å². The quantitative estimate of drug-likeness (QED) is 0.850. The fourth-order valence-electron chi connectivity index (χ4n) is 1.80. The molecule has 0 bridgehead atoms. The van der Waals surface area contributed by atoms with Gasteiger partial charge in [0, 0.05) is 13.2 Å². The Bertz CT molecular complexity index is 422. The van der Waals surface area contributed by atoms with Crippen LogP contribution < -0.4 is 5.32 Å². The van der Waals surface area contributed by atoms with Crippen LogP contribution in [0.2, 0.25) is 0 Å². The van der Waals surface area contributed by atoms with Crippen LogP contribution in [0.3, 0.4) is 0 Å². The average Bonchev–Trinajstić information content (AvgIpc) is 2.24. The third-order valence-electron chi connectivity index (χ3n) is 2.89. The Morgan fingerprint density at radius 2 is 2.25 bits per heavy atom. The maximum absolute atomic E-state index is 13.5. The molecule has 84 valence electrons. The second kappa shape index (κ2) is 4.50. The van der Waals surface area contributed by atoms with Gasteiger partial charge >= 0.3 is 0 Å². The van der Waals surface area contributed by atoms with Gasteiger partial charge in [-0.2, -0.15) is 5.26 Å². The molecule has 0 heterocycles. The molecule has 0 amide bonds. The van der Waals surface area contributed by atoms with Crippen molar-refractivity contribution < 1.29 is 9.13 Å². The predicted molar refractivity (Wildman–Crippen MR) is 58.6 cm³/mol. The van der Waals surface area contributed by atoms with Crippen LogP contribution in [-0.2, 0) is 4.74 Å². The molecule has 1 aliphatic carbocycles. The number of nitriles is 1. The van der Waals surface area contributed by atoms with E-state index in [0.29, 0.717) is 17.4 Å². The predicted octanol–water partition coefficient (Wildman–Crippen LogP) is 2.29. The molecule has 1 aromatic carbocycles. The van der Waals surface area contributed by atoms with Gasteiger partial charge in [0.1, 0.15) is 5.82 Å². The molecule has 0 radical (unpaired) electrons. The highest BCUT2D eigenvalue weighted by Crippen LogP contribution is 2.27. The maximum atomic E-state index is 13.5. The molecule has 1 aliphatic rings. The van der Waals surface area contributed by atoms with Crippen LogP contribution in [0.5, 0.6) is 0 Å². The van der Waals surface area contributed by atoms with Crippen LogP contribution in [0.25, 0.3) is 0 Å². The summed E-state index contributed by atoms with van der Waals surface area (Å²) in [5, 5.41) is 11.7. The van der Waals surface area contributed by atoms with Gasteiger partial charge < -0.3 is 10.1 Å². The molecule has 1 N–H and O–H groups in total. The first-order chi connectivity index (χ1) is 7.72. The minimum Gasteiger partial charge on any atom is -0.381 e. The molecule has 0 aliphatic heterocycles. The smallest absolute Gasteiger partial charge is 0.147 e. The monoisotopic (exact) mass is 220 g/mol. The summed E-state index contributed by atoms with van der Waals surface area (Å²) in [5.41, 5.74) is 0.796. The summed E-state index contributed by atoms with van der Waals surface area (Å²) in [6.45, 7) is 0. The van der Waals surface area contributed by atoms with Crippen LogP contribution in [0.4, 0.5) is 10.1 Å². The largest absolute Gasteiger partial charge is 0.381 e. The number of ether oxygens (including phenoxy) is 1. The fraction of sp³-hybridized carbons (Fsp3) is 0.417. The average molecular weight is 220 g/mol. The number of benzene rings is 1. The number of anilines is 1. The molecule has 1 saturated carbocycles. The van der Waals surface area contributed by atoms with Crippen LogP contribution in [0.1, 0.15) is 18.4 Å². The van der Waals surface area contributed by atoms with Gasteiger partial charge in [-0.25, -0.2) is 4.39 Å². The van der Waals surface area contributed by atoms with Gasteiger partial charge in [-0.1, -0.05) is 0 Å². The van der Waals surface area contributed by atoms with Gasteiger partial charge in [0.25, 0.3) is 0 Å². The minimum absolute atomic E-state index is 0.271. The van der Waals surface area contributed by atoms with Crippen molar-refractivity contribution in [2.24, 2.45) is 0 Å². The van der Waals surface area contributed by atoms with Crippen molar-refractivity contribution in [3.63, 3.8) is 0 Å². The molecule has 0 aromatic heterocycles. The number of nitrogens with zero attached hydrogens (tertiary/aromatic N) is 1. The Hall–Kier alpha value is -1.60. The number of nitrogens with one attached hydrogen (secondary N) is 1. The molecule has 4 heteroatoms. The lowest BCUT2D eigenvalue weighted by Gasteiger charge is -2.35. The van der Waals surface area contributed by atoms with E-state index in [4.69, 9.17) is 10.00 Å². The summed E-state index contributed by atoms with van der Waals surface area (Å²) >= 11 is 0. The summed E-state index contributed by atoms with van der Waals surface area (Å²) in [7, 11) is 1.68. The Labute approximate surface area is 93.8 Å². The molecule has 1 fully saturated rings. The lowest BCUT2D eigenvalue weighted by molar-refractivity contribution is 0.0328. The van der Waals surface area contributed by atoms with E-state index in [1.807, 2.05) is 6.07 Å². The van der Waals surface area contributed by atoms with Crippen LogP contribution in [-0.4, -0.2) is 19.3 Å². The maximum Gasteiger partial charge on any atom is 0.147 e. The van der Waals surface area contributed by atoms with Crippen molar-refractivity contribution in [3.8, 4) is 6.07 Å². The number of methoxy groups -OCH3 is 1. The van der Waals surface area contributed by atoms with E-state index in [9.17, 15) is 4.39 Å². The van der Waals surface area contributed by atoms with Gasteiger partial charge in [-0.3, -0.25) is 0 Å². The lowest BCUT2D eigenvalue weighted by atomic mass is 9.89. The van der Waals surface area contributed by atoms with Gasteiger partial charge in [0.05, 0.1) is 23.4 Å². The van der Waals surface area contributed by atoms with Gasteiger partial charge in [0.2, 0.25) is 0 Å². The third-order valence-corrected chi connectivity index (χ3v) is 2.89. The zero-order valence-electron chi connectivity index (χ0n) is 9.03. The highest BCUT2D eigenvalue weighted by atomic mass is 19.1. The van der Waals surface area contributed by atoms with E-state index >= 15 is 0 Å². The van der Waals surface area contributed by atoms with Crippen molar-refractivity contribution in [1.82, 2.24) is 0 Å². The molecule has 0 saturated heterocycles. The minimum atomic E-state index is -0.375. The number of rotatable bonds is 3. The van der Waals surface area contributed by atoms with E-state index in [2.05, 4.69) is 5.32 Å². The zero-order valence-corrected chi connectivity index (χ0v) is 9.03. The molecule has 3 nitrogen and oxygen atoms in total. The standard InChI is InChI=1S/C12H13FN2O/c1-16-10-5-9(6-10)15-12-3-2-8(7-14)4-11(12)13/h2-4,9-10,15H,5-6H2,1H3. The van der Waals surface area contributed by atoms with E-state index in [-0.39, 0.29) is 11.9 Å². The Morgan fingerprint density at radius 1 is 1.50 bits per heavy atom. The zero-order chi connectivity index (χ0) is 11.5. The van der Waals surface area contributed by atoms with E-state index in [1.165, 1.54) is 6.07 Å². The van der Waals surface area contributed by atoms with E-state index < -0.39 is 0 Å². The molecule has 1 aromatic rings. The van der Waals surface area contributed by atoms with Crippen molar-refractivity contribution in [1.29, 1.82) is 5.26 Å². The van der Waals surface area contributed by atoms with Crippen molar-refractivity contribution in [3.05, 3.63) is 29.6 Å². The fourth-order valence-corrected chi connectivity index (χ4v) is 1.80. The summed E-state index contributed by atoms with van der Waals surface area (Å²) in [4.78, 5) is 0. The topological polar surface area (TPSA) is 45.0 Å². The SMILES string of the molecule is COC1CC(Nc2ccc(C#N)cc2F)C1. The van der Waals surface area contributed by atoms with Crippen LogP contribution >= 0.6 is 0 Å². The summed E-state index contributed by atoms with van der Waals surface area (Å²) in [6.07, 6.45) is 2.09. The van der Waals surface area contributed by atoms with Gasteiger partial charge in [-0.05, 0) is 31.0 Å². The first-order valence-electron chi connectivity index (χ1n) is 5.22. The molecule has 2 rings (SSSR count). The molecular formula is C12H13FN2O. The Kier molecular flexibility index (Phi) is 3.07. The normalized spacial score (nSPS) is 23.3. The van der Waals surface area contributed by atoms with Crippen LogP contribution in [0.15, 0.2) is 18.2 Å². The van der Waals surface area contributed by atoms with Gasteiger partial charge in [0.15, 0.2) is 0 Å². The Balaban J connectivity index is 1.98. The first-order valence-corrected chi connectivity index (χ1v) is 5.22. The number of hydrogen-bond acceptors (Lipinski definition) is 3. The second-order valence-electron chi connectivity index (χ2n) is 3.98. The molecule has 0 unspecified atom stereocenters. The number of hydrogen-bond donors (Lipinski definition) is 1. The third kappa shape index (κ3) is 2.15.